The molecule has 18 heavy (non-hydrogen) atoms. The number of rotatable bonds is 6. The Hall–Kier alpha value is -1.57. The third-order valence-electron chi connectivity index (χ3n) is 3.38. The molecule has 1 aromatic heterocycles. The summed E-state index contributed by atoms with van der Waals surface area (Å²) < 4.78 is 2.22. The molecule has 0 aliphatic carbocycles. The van der Waals surface area contributed by atoms with Crippen LogP contribution in [-0.4, -0.2) is 9.55 Å². The number of hydrogen-bond acceptors (Lipinski definition) is 1. The molecule has 1 heterocycles. The highest BCUT2D eigenvalue weighted by atomic mass is 15.1. The van der Waals surface area contributed by atoms with Gasteiger partial charge in [-0.15, -0.1) is 0 Å². The topological polar surface area (TPSA) is 17.8 Å². The second kappa shape index (κ2) is 6.39. The highest BCUT2D eigenvalue weighted by Gasteiger charge is 2.10. The van der Waals surface area contributed by atoms with E-state index in [4.69, 9.17) is 0 Å². The van der Waals surface area contributed by atoms with Crippen molar-refractivity contribution in [1.29, 1.82) is 0 Å². The molecule has 2 heteroatoms. The van der Waals surface area contributed by atoms with E-state index in [1.807, 2.05) is 6.20 Å². The molecule has 1 radical (unpaired) electrons. The lowest BCUT2D eigenvalue weighted by molar-refractivity contribution is 0.557. The molecular formula is C16H21N2. The molecule has 0 fully saturated rings. The van der Waals surface area contributed by atoms with Gasteiger partial charge in [-0.25, -0.2) is 4.98 Å². The molecule has 0 saturated carbocycles. The van der Waals surface area contributed by atoms with Gasteiger partial charge in [0, 0.05) is 25.4 Å². The van der Waals surface area contributed by atoms with Crippen LogP contribution in [0.2, 0.25) is 0 Å². The molecule has 2 rings (SSSR count). The van der Waals surface area contributed by atoms with Crippen LogP contribution in [0.3, 0.4) is 0 Å². The van der Waals surface area contributed by atoms with Crippen molar-refractivity contribution >= 4 is 0 Å². The van der Waals surface area contributed by atoms with Crippen LogP contribution >= 0.6 is 0 Å². The maximum Gasteiger partial charge on any atom is 0.113 e. The van der Waals surface area contributed by atoms with Gasteiger partial charge in [0.15, 0.2) is 0 Å². The molecule has 0 atom stereocenters. The molecule has 0 unspecified atom stereocenters. The lowest BCUT2D eigenvalue weighted by atomic mass is 9.99. The summed E-state index contributed by atoms with van der Waals surface area (Å²) in [5.74, 6) is 1.72. The highest BCUT2D eigenvalue weighted by Crippen LogP contribution is 2.17. The fourth-order valence-electron chi connectivity index (χ4n) is 2.13. The Labute approximate surface area is 110 Å². The van der Waals surface area contributed by atoms with Gasteiger partial charge in [-0.05, 0) is 11.5 Å². The van der Waals surface area contributed by atoms with Crippen molar-refractivity contribution in [2.24, 2.45) is 5.92 Å². The largest absolute Gasteiger partial charge is 0.330 e. The summed E-state index contributed by atoms with van der Waals surface area (Å²) in [6, 6.07) is 10.5. The fourth-order valence-corrected chi connectivity index (χ4v) is 2.13. The lowest BCUT2D eigenvalue weighted by Gasteiger charge is -2.13. The van der Waals surface area contributed by atoms with Gasteiger partial charge in [0.2, 0.25) is 0 Å². The van der Waals surface area contributed by atoms with E-state index in [0.717, 1.165) is 12.4 Å². The first-order valence-electron chi connectivity index (χ1n) is 6.73. The first-order chi connectivity index (χ1) is 8.83. The van der Waals surface area contributed by atoms with Gasteiger partial charge < -0.3 is 4.57 Å². The highest BCUT2D eigenvalue weighted by molar-refractivity contribution is 5.17. The van der Waals surface area contributed by atoms with Crippen molar-refractivity contribution in [2.75, 3.05) is 0 Å². The summed E-state index contributed by atoms with van der Waals surface area (Å²) >= 11 is 0. The first-order valence-corrected chi connectivity index (χ1v) is 6.73. The third-order valence-corrected chi connectivity index (χ3v) is 3.38. The van der Waals surface area contributed by atoms with Crippen LogP contribution < -0.4 is 0 Å². The number of benzene rings is 1. The van der Waals surface area contributed by atoms with E-state index in [0.29, 0.717) is 5.92 Å². The Morgan fingerprint density at radius 3 is 2.56 bits per heavy atom. The predicted molar refractivity (Wildman–Crippen MR) is 75.2 cm³/mol. The van der Waals surface area contributed by atoms with Crippen molar-refractivity contribution in [3.63, 3.8) is 0 Å². The van der Waals surface area contributed by atoms with Gasteiger partial charge in [-0.1, -0.05) is 57.0 Å². The van der Waals surface area contributed by atoms with E-state index >= 15 is 0 Å². The molecule has 1 aromatic carbocycles. The zero-order valence-corrected chi connectivity index (χ0v) is 11.2. The standard InChI is InChI=1S/C16H21N2/c1-3-14(4-2)12-16-17-10-11-18(16)13-15-8-6-5-7-9-15/h5-12,14H,3-4,13H2,1-2H3. The Balaban J connectivity index is 2.08. The normalized spacial score (nSPS) is 11.1. The van der Waals surface area contributed by atoms with Crippen LogP contribution in [0.25, 0.3) is 0 Å². The van der Waals surface area contributed by atoms with Crippen LogP contribution in [0.1, 0.15) is 38.1 Å². The minimum absolute atomic E-state index is 0.627. The zero-order valence-electron chi connectivity index (χ0n) is 11.2. The average Bonchev–Trinajstić information content (AvgIpc) is 2.84. The van der Waals surface area contributed by atoms with E-state index in [1.54, 1.807) is 0 Å². The van der Waals surface area contributed by atoms with Crippen LogP contribution in [-0.2, 0) is 6.54 Å². The second-order valence-corrected chi connectivity index (χ2v) is 4.64. The summed E-state index contributed by atoms with van der Waals surface area (Å²) in [7, 11) is 0. The Bertz CT molecular complexity index is 455. The van der Waals surface area contributed by atoms with Crippen molar-refractivity contribution in [3.05, 3.63) is 60.5 Å². The van der Waals surface area contributed by atoms with Crippen LogP contribution in [0.5, 0.6) is 0 Å². The summed E-state index contributed by atoms with van der Waals surface area (Å²) in [6.07, 6.45) is 8.59. The van der Waals surface area contributed by atoms with E-state index in [1.165, 1.54) is 18.4 Å². The third kappa shape index (κ3) is 3.22. The summed E-state index contributed by atoms with van der Waals surface area (Å²) in [4.78, 5) is 4.46. The van der Waals surface area contributed by atoms with Crippen LogP contribution in [0.4, 0.5) is 0 Å². The molecular weight excluding hydrogens is 220 g/mol. The summed E-state index contributed by atoms with van der Waals surface area (Å²) in [6.45, 7) is 5.36. The molecule has 0 spiro atoms. The van der Waals surface area contributed by atoms with E-state index in [9.17, 15) is 0 Å². The monoisotopic (exact) mass is 241 g/mol. The zero-order chi connectivity index (χ0) is 12.8. The predicted octanol–water partition coefficient (Wildman–Crippen LogP) is 3.92. The molecule has 0 aliphatic rings. The van der Waals surface area contributed by atoms with Crippen molar-refractivity contribution < 1.29 is 0 Å². The maximum atomic E-state index is 4.46. The minimum Gasteiger partial charge on any atom is -0.330 e. The van der Waals surface area contributed by atoms with Crippen molar-refractivity contribution in [1.82, 2.24) is 9.55 Å². The number of nitrogens with zero attached hydrogens (tertiary/aromatic N) is 2. The lowest BCUT2D eigenvalue weighted by Crippen LogP contribution is -2.08. The van der Waals surface area contributed by atoms with Gasteiger partial charge in [-0.2, -0.15) is 0 Å². The van der Waals surface area contributed by atoms with E-state index < -0.39 is 0 Å². The van der Waals surface area contributed by atoms with Crippen LogP contribution in [0.15, 0.2) is 42.7 Å². The molecule has 0 N–H and O–H groups in total. The number of imidazole rings is 1. The van der Waals surface area contributed by atoms with E-state index in [-0.39, 0.29) is 0 Å². The molecule has 95 valence electrons. The van der Waals surface area contributed by atoms with Crippen molar-refractivity contribution in [2.45, 2.75) is 33.2 Å². The summed E-state index contributed by atoms with van der Waals surface area (Å²) in [5.41, 5.74) is 1.31. The molecule has 0 saturated heterocycles. The maximum absolute atomic E-state index is 4.46. The smallest absolute Gasteiger partial charge is 0.113 e. The Morgan fingerprint density at radius 1 is 1.17 bits per heavy atom. The van der Waals surface area contributed by atoms with Crippen LogP contribution in [0, 0.1) is 12.3 Å². The quantitative estimate of drug-likeness (QED) is 0.749. The molecule has 2 aromatic rings. The van der Waals surface area contributed by atoms with Gasteiger partial charge >= 0.3 is 0 Å². The number of aromatic nitrogens is 2. The molecule has 0 aliphatic heterocycles. The Kier molecular flexibility index (Phi) is 4.57. The average molecular weight is 241 g/mol. The Morgan fingerprint density at radius 2 is 1.89 bits per heavy atom. The fraction of sp³-hybridized carbons (Fsp3) is 0.375. The molecule has 0 amide bonds. The van der Waals surface area contributed by atoms with Gasteiger partial charge in [0.25, 0.3) is 0 Å². The van der Waals surface area contributed by atoms with Gasteiger partial charge in [0.1, 0.15) is 5.82 Å². The second-order valence-electron chi connectivity index (χ2n) is 4.64. The summed E-state index contributed by atoms with van der Waals surface area (Å²) in [5, 5.41) is 0. The minimum atomic E-state index is 0.627. The SMILES string of the molecule is CCC([CH]c1nccn1Cc1ccccc1)CC. The van der Waals surface area contributed by atoms with Crippen molar-refractivity contribution in [3.8, 4) is 0 Å². The molecule has 2 nitrogen and oxygen atoms in total. The van der Waals surface area contributed by atoms with E-state index in [2.05, 4.69) is 66.3 Å². The molecule has 0 bridgehead atoms. The van der Waals surface area contributed by atoms with Gasteiger partial charge in [0.05, 0.1) is 0 Å². The van der Waals surface area contributed by atoms with Gasteiger partial charge in [-0.3, -0.25) is 0 Å². The first kappa shape index (κ1) is 12.9. The number of hydrogen-bond donors (Lipinski definition) is 0.